The second-order valence-electron chi connectivity index (χ2n) is 9.79. The summed E-state index contributed by atoms with van der Waals surface area (Å²) < 4.78 is 14.1. The maximum Gasteiger partial charge on any atom is 0.317 e. The number of carboxylic acid groups (broad SMARTS) is 1. The van der Waals surface area contributed by atoms with Crippen LogP contribution < -0.4 is 4.90 Å². The first-order chi connectivity index (χ1) is 18.0. The van der Waals surface area contributed by atoms with Crippen LogP contribution in [0.4, 0.5) is 10.1 Å². The van der Waals surface area contributed by atoms with E-state index in [-0.39, 0.29) is 18.5 Å². The molecule has 1 atom stereocenters. The minimum absolute atomic E-state index is 0.00949. The van der Waals surface area contributed by atoms with Gasteiger partial charge in [0.05, 0.1) is 17.9 Å². The monoisotopic (exact) mass is 508 g/mol. The summed E-state index contributed by atoms with van der Waals surface area (Å²) in [4.78, 5) is 24.9. The Morgan fingerprint density at radius 3 is 2.32 bits per heavy atom. The first-order valence-corrected chi connectivity index (χ1v) is 12.8. The molecule has 2 N–H and O–H groups in total. The maximum atomic E-state index is 14.1. The number of piperazine rings is 2. The van der Waals surface area contributed by atoms with Gasteiger partial charge < -0.3 is 19.7 Å². The van der Waals surface area contributed by atoms with E-state index >= 15 is 0 Å². The second-order valence-corrected chi connectivity index (χ2v) is 9.79. The fourth-order valence-corrected chi connectivity index (χ4v) is 5.19. The molecular weight excluding hydrogens is 475 g/mol. The molecule has 0 amide bonds. The van der Waals surface area contributed by atoms with E-state index in [2.05, 4.69) is 10.1 Å². The minimum Gasteiger partial charge on any atom is -0.480 e. The number of hydrogen-bond acceptors (Lipinski definition) is 7. The van der Waals surface area contributed by atoms with Gasteiger partial charge in [-0.3, -0.25) is 20.0 Å². The molecule has 2 aromatic carbocycles. The quantitative estimate of drug-likeness (QED) is 0.437. The van der Waals surface area contributed by atoms with Gasteiger partial charge in [-0.2, -0.15) is 0 Å². The first kappa shape index (κ1) is 25.2. The van der Waals surface area contributed by atoms with Crippen molar-refractivity contribution >= 4 is 23.2 Å². The molecule has 3 heterocycles. The molecule has 1 unspecified atom stereocenters. The van der Waals surface area contributed by atoms with Gasteiger partial charge in [0, 0.05) is 70.9 Å². The zero-order valence-corrected chi connectivity index (χ0v) is 20.9. The van der Waals surface area contributed by atoms with Crippen molar-refractivity contribution < 1.29 is 19.1 Å². The van der Waals surface area contributed by atoms with Gasteiger partial charge in [0.1, 0.15) is 17.8 Å². The second kappa shape index (κ2) is 11.3. The Hall–Kier alpha value is -3.50. The van der Waals surface area contributed by atoms with E-state index in [0.29, 0.717) is 37.7 Å². The van der Waals surface area contributed by atoms with E-state index < -0.39 is 5.97 Å². The van der Waals surface area contributed by atoms with Crippen LogP contribution in [0.25, 0.3) is 0 Å². The van der Waals surface area contributed by atoms with Gasteiger partial charge in [0.25, 0.3) is 0 Å². The zero-order valence-electron chi connectivity index (χ0n) is 20.9. The van der Waals surface area contributed by atoms with Gasteiger partial charge in [-0.15, -0.1) is 0 Å². The number of hydrogen-bond donors (Lipinski definition) is 2. The van der Waals surface area contributed by atoms with Crippen LogP contribution in [-0.4, -0.2) is 109 Å². The highest BCUT2D eigenvalue weighted by atomic mass is 19.1. The van der Waals surface area contributed by atoms with Crippen molar-refractivity contribution in [2.45, 2.75) is 12.5 Å². The van der Waals surface area contributed by atoms with Crippen LogP contribution >= 0.6 is 0 Å². The molecular formula is C27H33FN6O3. The van der Waals surface area contributed by atoms with Gasteiger partial charge in [-0.1, -0.05) is 41.6 Å². The van der Waals surface area contributed by atoms with Crippen molar-refractivity contribution in [3.63, 3.8) is 0 Å². The van der Waals surface area contributed by atoms with Crippen LogP contribution in [0.5, 0.6) is 0 Å². The molecule has 3 aliphatic heterocycles. The Bertz CT molecular complexity index is 1140. The number of halogens is 1. The van der Waals surface area contributed by atoms with Crippen molar-refractivity contribution in [1.82, 2.24) is 14.7 Å². The third-order valence-corrected chi connectivity index (χ3v) is 7.30. The van der Waals surface area contributed by atoms with E-state index in [9.17, 15) is 9.18 Å². The van der Waals surface area contributed by atoms with Gasteiger partial charge in [-0.25, -0.2) is 4.39 Å². The Kier molecular flexibility index (Phi) is 7.66. The fraction of sp³-hybridized carbons (Fsp3) is 0.444. The lowest BCUT2D eigenvalue weighted by molar-refractivity contribution is -0.138. The molecule has 0 aromatic heterocycles. The summed E-state index contributed by atoms with van der Waals surface area (Å²) in [5.74, 6) is -0.515. The molecule has 0 radical (unpaired) electrons. The summed E-state index contributed by atoms with van der Waals surface area (Å²) in [5.41, 5.74) is 3.37. The predicted octanol–water partition coefficient (Wildman–Crippen LogP) is 2.17. The maximum absolute atomic E-state index is 14.1. The SMILES string of the molecule is N=C(c1ccc(C2=NOC(CN3CCN(CC(=O)O)CC3)C2)cc1)N1CCN(c2ccccc2F)CC1. The number of carbonyl (C=O) groups is 1. The number of oxime groups is 1. The molecule has 37 heavy (non-hydrogen) atoms. The van der Waals surface area contributed by atoms with E-state index in [1.54, 1.807) is 12.1 Å². The van der Waals surface area contributed by atoms with Crippen LogP contribution in [0, 0.1) is 11.2 Å². The normalized spacial score (nSPS) is 21.0. The van der Waals surface area contributed by atoms with E-state index in [1.165, 1.54) is 6.07 Å². The van der Waals surface area contributed by atoms with Crippen LogP contribution in [-0.2, 0) is 9.63 Å². The first-order valence-electron chi connectivity index (χ1n) is 12.8. The van der Waals surface area contributed by atoms with Crippen LogP contribution in [0.2, 0.25) is 0 Å². The number of carboxylic acids is 1. The highest BCUT2D eigenvalue weighted by molar-refractivity contribution is 6.03. The lowest BCUT2D eigenvalue weighted by atomic mass is 10.0. The fourth-order valence-electron chi connectivity index (χ4n) is 5.19. The van der Waals surface area contributed by atoms with E-state index in [4.69, 9.17) is 15.4 Å². The Morgan fingerprint density at radius 1 is 0.973 bits per heavy atom. The van der Waals surface area contributed by atoms with E-state index in [0.717, 1.165) is 56.0 Å². The number of rotatable bonds is 7. The summed E-state index contributed by atoms with van der Waals surface area (Å²) in [6, 6.07) is 14.7. The third-order valence-electron chi connectivity index (χ3n) is 7.30. The van der Waals surface area contributed by atoms with E-state index in [1.807, 2.05) is 45.0 Å². The largest absolute Gasteiger partial charge is 0.480 e. The lowest BCUT2D eigenvalue weighted by Gasteiger charge is -2.37. The molecule has 2 aromatic rings. The average molecular weight is 509 g/mol. The Morgan fingerprint density at radius 2 is 1.65 bits per heavy atom. The molecule has 9 nitrogen and oxygen atoms in total. The van der Waals surface area contributed by atoms with Crippen LogP contribution in [0.1, 0.15) is 17.5 Å². The highest BCUT2D eigenvalue weighted by Gasteiger charge is 2.27. The molecule has 0 saturated carbocycles. The van der Waals surface area contributed by atoms with Crippen molar-refractivity contribution in [3.05, 3.63) is 65.5 Å². The van der Waals surface area contributed by atoms with Crippen molar-refractivity contribution in [2.24, 2.45) is 5.16 Å². The number of benzene rings is 2. The summed E-state index contributed by atoms with van der Waals surface area (Å²) in [6.45, 7) is 6.70. The number of para-hydroxylation sites is 1. The third kappa shape index (κ3) is 6.08. The zero-order chi connectivity index (χ0) is 25.8. The summed E-state index contributed by atoms with van der Waals surface area (Å²) in [5, 5.41) is 22.0. The number of nitrogens with one attached hydrogen (secondary N) is 1. The standard InChI is InChI=1S/C27H33FN6O3/c28-23-3-1-2-4-25(23)33-13-15-34(16-14-33)27(29)21-7-5-20(6-8-21)24-17-22(37-30-24)18-31-9-11-32(12-10-31)19-26(35)36/h1-8,22,29H,9-19H2,(H,35,36). The molecule has 3 aliphatic rings. The highest BCUT2D eigenvalue weighted by Crippen LogP contribution is 2.22. The van der Waals surface area contributed by atoms with Crippen molar-refractivity contribution in [3.8, 4) is 0 Å². The molecule has 0 aliphatic carbocycles. The van der Waals surface area contributed by atoms with Gasteiger partial charge in [0.15, 0.2) is 0 Å². The molecule has 2 saturated heterocycles. The summed E-state index contributed by atoms with van der Waals surface area (Å²) >= 11 is 0. The Labute approximate surface area is 216 Å². The lowest BCUT2D eigenvalue weighted by Crippen LogP contribution is -2.49. The summed E-state index contributed by atoms with van der Waals surface area (Å²) in [7, 11) is 0. The molecule has 0 bridgehead atoms. The van der Waals surface area contributed by atoms with Gasteiger partial charge in [-0.05, 0) is 17.7 Å². The number of amidine groups is 1. The predicted molar refractivity (Wildman–Crippen MR) is 140 cm³/mol. The average Bonchev–Trinajstić information content (AvgIpc) is 3.38. The number of anilines is 1. The Balaban J connectivity index is 1.09. The smallest absolute Gasteiger partial charge is 0.317 e. The minimum atomic E-state index is -0.783. The number of nitrogens with zero attached hydrogens (tertiary/aromatic N) is 5. The van der Waals surface area contributed by atoms with Gasteiger partial charge >= 0.3 is 5.97 Å². The van der Waals surface area contributed by atoms with Gasteiger partial charge in [0.2, 0.25) is 0 Å². The summed E-state index contributed by atoms with van der Waals surface area (Å²) in [6.07, 6.45) is 0.717. The molecule has 5 rings (SSSR count). The van der Waals surface area contributed by atoms with Crippen molar-refractivity contribution in [1.29, 1.82) is 5.41 Å². The molecule has 2 fully saturated rings. The molecule has 196 valence electrons. The van der Waals surface area contributed by atoms with Crippen LogP contribution in [0.3, 0.4) is 0 Å². The number of aliphatic carboxylic acids is 1. The van der Waals surface area contributed by atoms with Crippen LogP contribution in [0.15, 0.2) is 53.7 Å². The topological polar surface area (TPSA) is 95.7 Å². The molecule has 10 heteroatoms. The van der Waals surface area contributed by atoms with Crippen molar-refractivity contribution in [2.75, 3.05) is 70.3 Å². The molecule has 0 spiro atoms.